The van der Waals surface area contributed by atoms with E-state index in [0.717, 1.165) is 27.7 Å². The highest BCUT2D eigenvalue weighted by molar-refractivity contribution is 6.30. The molecule has 0 unspecified atom stereocenters. The van der Waals surface area contributed by atoms with Gasteiger partial charge in [0.2, 0.25) is 0 Å². The first-order valence-corrected chi connectivity index (χ1v) is 8.70. The van der Waals surface area contributed by atoms with Crippen molar-refractivity contribution < 1.29 is 0 Å². The van der Waals surface area contributed by atoms with Crippen molar-refractivity contribution in [3.63, 3.8) is 0 Å². The lowest BCUT2D eigenvalue weighted by Gasteiger charge is -2.10. The number of rotatable bonds is 5. The van der Waals surface area contributed by atoms with Crippen LogP contribution in [0.1, 0.15) is 11.1 Å². The number of hydrogen-bond acceptors (Lipinski definition) is 2. The summed E-state index contributed by atoms with van der Waals surface area (Å²) < 4.78 is 4.00. The van der Waals surface area contributed by atoms with Crippen molar-refractivity contribution in [2.45, 2.75) is 6.54 Å². The molecule has 0 aliphatic rings. The molecule has 26 heavy (non-hydrogen) atoms. The summed E-state index contributed by atoms with van der Waals surface area (Å²) in [6.07, 6.45) is 7.77. The van der Waals surface area contributed by atoms with Gasteiger partial charge in [-0.3, -0.25) is 4.99 Å². The molecule has 4 aromatic rings. The monoisotopic (exact) mass is 360 g/mol. The lowest BCUT2D eigenvalue weighted by atomic mass is 10.2. The lowest BCUT2D eigenvalue weighted by Crippen LogP contribution is -2.05. The summed E-state index contributed by atoms with van der Waals surface area (Å²) in [5, 5.41) is 5.31. The molecule has 0 atom stereocenters. The summed E-state index contributed by atoms with van der Waals surface area (Å²) in [5.74, 6) is 0.995. The minimum absolute atomic E-state index is 0.545. The Morgan fingerprint density at radius 1 is 0.923 bits per heavy atom. The minimum atomic E-state index is 0.545. The summed E-state index contributed by atoms with van der Waals surface area (Å²) in [7, 11) is 0. The SMILES string of the molecule is Clc1ccc(C=NCc2cnn(-c3ccccc3)c2-n2cccc2)cc1. The Kier molecular flexibility index (Phi) is 4.67. The van der Waals surface area contributed by atoms with Gasteiger partial charge >= 0.3 is 0 Å². The predicted octanol–water partition coefficient (Wildman–Crippen LogP) is 4.94. The fourth-order valence-electron chi connectivity index (χ4n) is 2.79. The fraction of sp³-hybridized carbons (Fsp3) is 0.0476. The van der Waals surface area contributed by atoms with Crippen molar-refractivity contribution >= 4 is 17.8 Å². The van der Waals surface area contributed by atoms with Gasteiger partial charge in [-0.1, -0.05) is 41.9 Å². The van der Waals surface area contributed by atoms with E-state index in [1.54, 1.807) is 0 Å². The molecule has 0 saturated heterocycles. The molecule has 0 N–H and O–H groups in total. The van der Waals surface area contributed by atoms with Crippen molar-refractivity contribution in [2.24, 2.45) is 4.99 Å². The van der Waals surface area contributed by atoms with Crippen molar-refractivity contribution in [3.8, 4) is 11.5 Å². The van der Waals surface area contributed by atoms with E-state index in [4.69, 9.17) is 11.6 Å². The van der Waals surface area contributed by atoms with E-state index >= 15 is 0 Å². The van der Waals surface area contributed by atoms with Gasteiger partial charge in [0.05, 0.1) is 18.4 Å². The van der Waals surface area contributed by atoms with Crippen molar-refractivity contribution in [3.05, 3.63) is 101 Å². The van der Waals surface area contributed by atoms with Gasteiger partial charge in [-0.25, -0.2) is 4.68 Å². The van der Waals surface area contributed by atoms with E-state index in [-0.39, 0.29) is 0 Å². The lowest BCUT2D eigenvalue weighted by molar-refractivity contribution is 0.818. The summed E-state index contributed by atoms with van der Waals surface area (Å²) in [5.41, 5.74) is 3.09. The molecule has 0 saturated carbocycles. The predicted molar refractivity (Wildman–Crippen MR) is 106 cm³/mol. The third-order valence-electron chi connectivity index (χ3n) is 4.04. The standard InChI is InChI=1S/C21H17ClN4/c22-19-10-8-17(9-11-19)14-23-15-18-16-24-26(20-6-2-1-3-7-20)21(18)25-12-4-5-13-25/h1-14,16H,15H2. The van der Waals surface area contributed by atoms with E-state index in [0.29, 0.717) is 6.54 Å². The van der Waals surface area contributed by atoms with Gasteiger partial charge in [0.15, 0.2) is 0 Å². The number of para-hydroxylation sites is 1. The van der Waals surface area contributed by atoms with Gasteiger partial charge in [-0.05, 0) is 42.0 Å². The zero-order valence-corrected chi connectivity index (χ0v) is 14.8. The van der Waals surface area contributed by atoms with Gasteiger partial charge in [0, 0.05) is 29.2 Å². The highest BCUT2D eigenvalue weighted by atomic mass is 35.5. The molecule has 128 valence electrons. The molecule has 0 amide bonds. The number of benzene rings is 2. The number of hydrogen-bond donors (Lipinski definition) is 0. The maximum atomic E-state index is 5.92. The summed E-state index contributed by atoms with van der Waals surface area (Å²) in [4.78, 5) is 4.58. The summed E-state index contributed by atoms with van der Waals surface area (Å²) >= 11 is 5.92. The van der Waals surface area contributed by atoms with Crippen molar-refractivity contribution in [2.75, 3.05) is 0 Å². The second kappa shape index (κ2) is 7.42. The highest BCUT2D eigenvalue weighted by Crippen LogP contribution is 2.20. The Labute approximate surface area is 157 Å². The first-order valence-electron chi connectivity index (χ1n) is 8.32. The van der Waals surface area contributed by atoms with E-state index in [2.05, 4.69) is 14.7 Å². The van der Waals surface area contributed by atoms with Gasteiger partial charge in [0.1, 0.15) is 5.82 Å². The Morgan fingerprint density at radius 3 is 2.38 bits per heavy atom. The molecule has 5 heteroatoms. The molecule has 0 bridgehead atoms. The Bertz CT molecular complexity index is 1000. The van der Waals surface area contributed by atoms with Crippen LogP contribution in [0.2, 0.25) is 5.02 Å². The maximum Gasteiger partial charge on any atom is 0.145 e. The number of nitrogens with zero attached hydrogens (tertiary/aromatic N) is 4. The third-order valence-corrected chi connectivity index (χ3v) is 4.29. The van der Waals surface area contributed by atoms with Crippen LogP contribution in [0.25, 0.3) is 11.5 Å². The van der Waals surface area contributed by atoms with E-state index < -0.39 is 0 Å². The molecule has 2 heterocycles. The van der Waals surface area contributed by atoms with Crippen LogP contribution in [0.15, 0.2) is 90.3 Å². The molecular formula is C21H17ClN4. The molecular weight excluding hydrogens is 344 g/mol. The molecule has 0 radical (unpaired) electrons. The smallest absolute Gasteiger partial charge is 0.145 e. The molecule has 2 aromatic carbocycles. The second-order valence-corrected chi connectivity index (χ2v) is 6.29. The maximum absolute atomic E-state index is 5.92. The topological polar surface area (TPSA) is 35.1 Å². The number of aliphatic imine (C=N–C) groups is 1. The number of halogens is 1. The molecule has 0 spiro atoms. The Morgan fingerprint density at radius 2 is 1.65 bits per heavy atom. The van der Waals surface area contributed by atoms with Crippen molar-refractivity contribution in [1.29, 1.82) is 0 Å². The van der Waals surface area contributed by atoms with Gasteiger partial charge in [-0.15, -0.1) is 0 Å². The fourth-order valence-corrected chi connectivity index (χ4v) is 2.92. The third kappa shape index (κ3) is 3.46. The van der Waals surface area contributed by atoms with Crippen LogP contribution in [-0.2, 0) is 6.54 Å². The summed E-state index contributed by atoms with van der Waals surface area (Å²) in [6.45, 7) is 0.545. The van der Waals surface area contributed by atoms with Gasteiger partial charge in [0.25, 0.3) is 0 Å². The van der Waals surface area contributed by atoms with Crippen molar-refractivity contribution in [1.82, 2.24) is 14.3 Å². The van der Waals surface area contributed by atoms with Crippen LogP contribution in [0, 0.1) is 0 Å². The molecule has 4 rings (SSSR count). The molecule has 2 aromatic heterocycles. The second-order valence-electron chi connectivity index (χ2n) is 5.85. The zero-order chi connectivity index (χ0) is 17.8. The normalized spacial score (nSPS) is 11.3. The number of aromatic nitrogens is 3. The van der Waals surface area contributed by atoms with E-state index in [1.807, 2.05) is 96.2 Å². The molecule has 0 aliphatic carbocycles. The average molecular weight is 361 g/mol. The van der Waals surface area contributed by atoms with Gasteiger partial charge < -0.3 is 4.57 Å². The van der Waals surface area contributed by atoms with Crippen LogP contribution in [0.4, 0.5) is 0 Å². The molecule has 0 fully saturated rings. The van der Waals surface area contributed by atoms with E-state index in [1.165, 1.54) is 0 Å². The van der Waals surface area contributed by atoms with Crippen LogP contribution in [0.5, 0.6) is 0 Å². The van der Waals surface area contributed by atoms with Crippen LogP contribution in [-0.4, -0.2) is 20.6 Å². The van der Waals surface area contributed by atoms with Gasteiger partial charge in [-0.2, -0.15) is 5.10 Å². The minimum Gasteiger partial charge on any atom is -0.308 e. The quantitative estimate of drug-likeness (QED) is 0.464. The molecule has 0 aliphatic heterocycles. The van der Waals surface area contributed by atoms with Crippen LogP contribution >= 0.6 is 11.6 Å². The average Bonchev–Trinajstić information content (AvgIpc) is 3.33. The largest absolute Gasteiger partial charge is 0.308 e. The first-order chi connectivity index (χ1) is 12.8. The van der Waals surface area contributed by atoms with Crippen LogP contribution in [0.3, 0.4) is 0 Å². The van der Waals surface area contributed by atoms with Crippen LogP contribution < -0.4 is 0 Å². The Balaban J connectivity index is 1.66. The Hall–Kier alpha value is -3.11. The summed E-state index contributed by atoms with van der Waals surface area (Å²) in [6, 6.07) is 21.7. The van der Waals surface area contributed by atoms with E-state index in [9.17, 15) is 0 Å². The first kappa shape index (κ1) is 16.4. The highest BCUT2D eigenvalue weighted by Gasteiger charge is 2.13. The zero-order valence-electron chi connectivity index (χ0n) is 14.0. The molecule has 4 nitrogen and oxygen atoms in total.